The quantitative estimate of drug-likeness (QED) is 0.319. The number of nitrogens with one attached hydrogen (secondary N) is 3. The molecule has 44 heavy (non-hydrogen) atoms. The van der Waals surface area contributed by atoms with E-state index in [-0.39, 0.29) is 23.9 Å². The molecule has 8 nitrogen and oxygen atoms in total. The number of pyridine rings is 1. The zero-order chi connectivity index (χ0) is 31.0. The number of thioether (sulfide) groups is 1. The van der Waals surface area contributed by atoms with Crippen molar-refractivity contribution in [3.8, 4) is 11.1 Å². The van der Waals surface area contributed by atoms with E-state index in [9.17, 15) is 14.4 Å². The molecule has 2 aromatic carbocycles. The van der Waals surface area contributed by atoms with E-state index in [1.165, 1.54) is 0 Å². The first-order chi connectivity index (χ1) is 21.2. The first-order valence-electron chi connectivity index (χ1n) is 15.7. The van der Waals surface area contributed by atoms with Crippen molar-refractivity contribution in [3.63, 3.8) is 0 Å². The van der Waals surface area contributed by atoms with Crippen molar-refractivity contribution in [1.29, 1.82) is 0 Å². The Labute approximate surface area is 263 Å². The van der Waals surface area contributed by atoms with E-state index in [0.29, 0.717) is 43.2 Å². The van der Waals surface area contributed by atoms with Gasteiger partial charge < -0.3 is 25.3 Å². The monoisotopic (exact) mass is 614 g/mol. The highest BCUT2D eigenvalue weighted by Gasteiger charge is 2.47. The lowest BCUT2D eigenvalue weighted by molar-refractivity contribution is -0.124. The lowest BCUT2D eigenvalue weighted by Gasteiger charge is -2.37. The van der Waals surface area contributed by atoms with Gasteiger partial charge in [0.1, 0.15) is 0 Å². The minimum absolute atomic E-state index is 0.0475. The molecule has 2 saturated heterocycles. The second-order valence-corrected chi connectivity index (χ2v) is 13.6. The van der Waals surface area contributed by atoms with E-state index in [1.807, 2.05) is 44.7 Å². The summed E-state index contributed by atoms with van der Waals surface area (Å²) in [7, 11) is 0. The van der Waals surface area contributed by atoms with Crippen LogP contribution >= 0.6 is 11.8 Å². The van der Waals surface area contributed by atoms with Crippen molar-refractivity contribution in [2.45, 2.75) is 71.4 Å². The SMILES string of the molecule is CCN(c1cc(-c2ccc3c(c2)NC(=O)C32CCOCC2)cc(C(=O)NCc2c(C)cc(C)[nH]c2=O)c1C)C1CCSCC1. The van der Waals surface area contributed by atoms with Gasteiger partial charge in [-0.1, -0.05) is 12.1 Å². The average Bonchev–Trinajstić information content (AvgIpc) is 3.27. The van der Waals surface area contributed by atoms with Crippen molar-refractivity contribution in [1.82, 2.24) is 10.3 Å². The van der Waals surface area contributed by atoms with Gasteiger partial charge in [-0.05, 0) is 117 Å². The lowest BCUT2D eigenvalue weighted by atomic mass is 9.75. The summed E-state index contributed by atoms with van der Waals surface area (Å²) in [5.74, 6) is 2.10. The number of amides is 2. The van der Waals surface area contributed by atoms with Crippen LogP contribution in [0.4, 0.5) is 11.4 Å². The van der Waals surface area contributed by atoms with Gasteiger partial charge in [0.2, 0.25) is 5.91 Å². The lowest BCUT2D eigenvalue weighted by Crippen LogP contribution is -2.39. The number of H-pyrrole nitrogens is 1. The Kier molecular flexibility index (Phi) is 8.61. The largest absolute Gasteiger partial charge is 0.381 e. The number of carbonyl (C=O) groups is 2. The van der Waals surface area contributed by atoms with Gasteiger partial charge >= 0.3 is 0 Å². The predicted octanol–water partition coefficient (Wildman–Crippen LogP) is 5.62. The number of aryl methyl sites for hydroxylation is 2. The number of ether oxygens (including phenoxy) is 1. The summed E-state index contributed by atoms with van der Waals surface area (Å²) in [6.07, 6.45) is 3.57. The molecule has 2 amide bonds. The van der Waals surface area contributed by atoms with Gasteiger partial charge in [0.25, 0.3) is 11.5 Å². The van der Waals surface area contributed by atoms with Crippen LogP contribution in [0.15, 0.2) is 41.2 Å². The fourth-order valence-electron chi connectivity index (χ4n) is 7.21. The van der Waals surface area contributed by atoms with Crippen LogP contribution in [0, 0.1) is 20.8 Å². The van der Waals surface area contributed by atoms with Crippen molar-refractivity contribution < 1.29 is 14.3 Å². The van der Waals surface area contributed by atoms with Crippen LogP contribution in [0.25, 0.3) is 11.1 Å². The van der Waals surface area contributed by atoms with E-state index in [2.05, 4.69) is 51.7 Å². The van der Waals surface area contributed by atoms with E-state index >= 15 is 0 Å². The third-order valence-corrected chi connectivity index (χ3v) is 10.8. The highest BCUT2D eigenvalue weighted by atomic mass is 32.2. The number of carbonyl (C=O) groups excluding carboxylic acids is 2. The Hall–Kier alpha value is -3.56. The van der Waals surface area contributed by atoms with Gasteiger partial charge in [-0.15, -0.1) is 0 Å². The van der Waals surface area contributed by atoms with E-state index in [4.69, 9.17) is 4.74 Å². The molecule has 6 rings (SSSR count). The Bertz CT molecular complexity index is 1650. The van der Waals surface area contributed by atoms with Crippen LogP contribution in [0.2, 0.25) is 0 Å². The Morgan fingerprint density at radius 2 is 1.80 bits per heavy atom. The number of hydrogen-bond acceptors (Lipinski definition) is 6. The maximum Gasteiger partial charge on any atom is 0.253 e. The normalized spacial score (nSPS) is 17.8. The van der Waals surface area contributed by atoms with E-state index in [0.717, 1.165) is 75.8 Å². The Morgan fingerprint density at radius 1 is 1.05 bits per heavy atom. The van der Waals surface area contributed by atoms with Crippen molar-refractivity contribution in [2.24, 2.45) is 0 Å². The topological polar surface area (TPSA) is 104 Å². The molecule has 3 aromatic rings. The van der Waals surface area contributed by atoms with Crippen molar-refractivity contribution in [3.05, 3.63) is 80.3 Å². The molecule has 3 aliphatic heterocycles. The van der Waals surface area contributed by atoms with Crippen LogP contribution in [-0.2, 0) is 21.5 Å². The van der Waals surface area contributed by atoms with Crippen molar-refractivity contribution in [2.75, 3.05) is 41.5 Å². The molecule has 4 heterocycles. The Morgan fingerprint density at radius 3 is 2.50 bits per heavy atom. The van der Waals surface area contributed by atoms with Gasteiger partial charge in [0.05, 0.1) is 5.41 Å². The van der Waals surface area contributed by atoms with Gasteiger partial charge in [-0.25, -0.2) is 0 Å². The number of benzene rings is 2. The summed E-state index contributed by atoms with van der Waals surface area (Å²) in [6.45, 7) is 10.1. The summed E-state index contributed by atoms with van der Waals surface area (Å²) in [6, 6.07) is 12.7. The van der Waals surface area contributed by atoms with Gasteiger partial charge in [-0.3, -0.25) is 14.4 Å². The molecule has 232 valence electrons. The fourth-order valence-corrected chi connectivity index (χ4v) is 8.29. The maximum absolute atomic E-state index is 13.9. The summed E-state index contributed by atoms with van der Waals surface area (Å²) < 4.78 is 5.58. The molecule has 0 atom stereocenters. The zero-order valence-electron chi connectivity index (χ0n) is 26.1. The van der Waals surface area contributed by atoms with Crippen molar-refractivity contribution >= 4 is 35.0 Å². The molecule has 0 aliphatic carbocycles. The first kappa shape index (κ1) is 30.5. The molecule has 9 heteroatoms. The number of aromatic nitrogens is 1. The highest BCUT2D eigenvalue weighted by Crippen LogP contribution is 2.46. The molecule has 1 aromatic heterocycles. The predicted molar refractivity (Wildman–Crippen MR) is 178 cm³/mol. The second-order valence-electron chi connectivity index (χ2n) is 12.3. The zero-order valence-corrected chi connectivity index (χ0v) is 26.9. The summed E-state index contributed by atoms with van der Waals surface area (Å²) in [5.41, 5.74) is 7.83. The van der Waals surface area contributed by atoms with Crippen LogP contribution < -0.4 is 21.1 Å². The number of fused-ring (bicyclic) bond motifs is 2. The van der Waals surface area contributed by atoms with Gasteiger partial charge in [0, 0.05) is 60.5 Å². The molecule has 2 fully saturated rings. The minimum Gasteiger partial charge on any atom is -0.381 e. The van der Waals surface area contributed by atoms with E-state index < -0.39 is 5.41 Å². The fraction of sp³-hybridized carbons (Fsp3) is 0.457. The standard InChI is InChI=1S/C35H42N4O4S/c1-5-39(26-8-14-44-15-9-26)31-19-25(24-6-7-29-30(18-24)38-34(42)35(29)10-12-43-13-11-35)17-27(23(31)4)32(40)36-20-28-21(2)16-22(3)37-33(28)41/h6-7,16-19,26H,5,8-15,20H2,1-4H3,(H,36,40)(H,37,41)(H,38,42). The van der Waals surface area contributed by atoms with Gasteiger partial charge in [-0.2, -0.15) is 11.8 Å². The molecular formula is C35H42N4O4S. The van der Waals surface area contributed by atoms with Crippen LogP contribution in [0.3, 0.4) is 0 Å². The van der Waals surface area contributed by atoms with Crippen LogP contribution in [0.5, 0.6) is 0 Å². The van der Waals surface area contributed by atoms with Crippen LogP contribution in [-0.4, -0.2) is 54.1 Å². The molecular weight excluding hydrogens is 572 g/mol. The van der Waals surface area contributed by atoms with Gasteiger partial charge in [0.15, 0.2) is 0 Å². The number of rotatable bonds is 7. The first-order valence-corrected chi connectivity index (χ1v) is 16.9. The second kappa shape index (κ2) is 12.4. The molecule has 0 saturated carbocycles. The minimum atomic E-state index is -0.528. The highest BCUT2D eigenvalue weighted by molar-refractivity contribution is 7.99. The number of aromatic amines is 1. The summed E-state index contributed by atoms with van der Waals surface area (Å²) >= 11 is 2.00. The third-order valence-electron chi connectivity index (χ3n) is 9.72. The third kappa shape index (κ3) is 5.56. The molecule has 0 radical (unpaired) electrons. The molecule has 3 N–H and O–H groups in total. The number of nitrogens with zero attached hydrogens (tertiary/aromatic N) is 1. The molecule has 0 unspecified atom stereocenters. The maximum atomic E-state index is 13.9. The van der Waals surface area contributed by atoms with Crippen LogP contribution in [0.1, 0.15) is 70.9 Å². The smallest absolute Gasteiger partial charge is 0.253 e. The van der Waals surface area contributed by atoms with E-state index in [1.54, 1.807) is 0 Å². The summed E-state index contributed by atoms with van der Waals surface area (Å²) in [5, 5.41) is 6.19. The Balaban J connectivity index is 1.39. The molecule has 0 bridgehead atoms. The number of anilines is 2. The average molecular weight is 615 g/mol. The molecule has 1 spiro atoms. The number of hydrogen-bond donors (Lipinski definition) is 3. The molecule has 3 aliphatic rings. The summed E-state index contributed by atoms with van der Waals surface area (Å²) in [4.78, 5) is 45.0.